The van der Waals surface area contributed by atoms with E-state index in [1.54, 1.807) is 23.4 Å². The number of hydrogen-bond donors (Lipinski definition) is 0. The van der Waals surface area contributed by atoms with Crippen molar-refractivity contribution < 1.29 is 9.49 Å². The first-order chi connectivity index (χ1) is 11.1. The molecule has 0 amide bonds. The summed E-state index contributed by atoms with van der Waals surface area (Å²) in [5, 5.41) is 16.7. The van der Waals surface area contributed by atoms with E-state index in [0.29, 0.717) is 0 Å². The second kappa shape index (κ2) is 8.03. The summed E-state index contributed by atoms with van der Waals surface area (Å²) >= 11 is 0. The molecule has 0 atom stereocenters. The highest BCUT2D eigenvalue weighted by Crippen LogP contribution is 2.18. The maximum atomic E-state index is 10.6. The number of nitro groups is 1. The van der Waals surface area contributed by atoms with E-state index >= 15 is 0 Å². The summed E-state index contributed by atoms with van der Waals surface area (Å²) in [6.07, 6.45) is 8.20. The molecular formula is C17H21N4O2+. The lowest BCUT2D eigenvalue weighted by Gasteiger charge is -2.12. The van der Waals surface area contributed by atoms with Crippen molar-refractivity contribution in [3.8, 4) is 0 Å². The molecule has 0 aliphatic heterocycles. The van der Waals surface area contributed by atoms with Crippen LogP contribution in [0.15, 0.2) is 53.9 Å². The number of rotatable bonds is 7. The quantitative estimate of drug-likeness (QED) is 0.341. The van der Waals surface area contributed by atoms with Crippen LogP contribution in [-0.2, 0) is 6.54 Å². The summed E-state index contributed by atoms with van der Waals surface area (Å²) in [6.45, 7) is 3.20. The van der Waals surface area contributed by atoms with Crippen LogP contribution in [0, 0.1) is 10.1 Å². The molecule has 0 unspecified atom stereocenters. The van der Waals surface area contributed by atoms with E-state index in [4.69, 9.17) is 0 Å². The van der Waals surface area contributed by atoms with Gasteiger partial charge in [0.2, 0.25) is 0 Å². The van der Waals surface area contributed by atoms with Gasteiger partial charge in [0.05, 0.1) is 16.8 Å². The molecule has 0 aliphatic rings. The van der Waals surface area contributed by atoms with E-state index in [2.05, 4.69) is 16.6 Å². The molecule has 1 heterocycles. The van der Waals surface area contributed by atoms with Gasteiger partial charge >= 0.3 is 0 Å². The van der Waals surface area contributed by atoms with Gasteiger partial charge in [-0.25, -0.2) is 4.57 Å². The van der Waals surface area contributed by atoms with E-state index in [1.807, 2.05) is 31.6 Å². The number of benzene rings is 1. The molecule has 0 fully saturated rings. The third-order valence-corrected chi connectivity index (χ3v) is 3.50. The Hall–Kier alpha value is -2.76. The molecule has 6 nitrogen and oxygen atoms in total. The summed E-state index contributed by atoms with van der Waals surface area (Å²) in [6, 6.07) is 10.3. The predicted molar refractivity (Wildman–Crippen MR) is 90.6 cm³/mol. The molecule has 0 spiro atoms. The summed E-state index contributed by atoms with van der Waals surface area (Å²) < 4.78 is 2.15. The standard InChI is InChI=1S/C17H21N4O2/c1-3-4-11-20-12-9-15(10-13-20)14-18-19(2)16-5-7-17(8-6-16)21(22)23/h5-10,12-14H,3-4,11H2,1-2H3/q+1. The third-order valence-electron chi connectivity index (χ3n) is 3.50. The van der Waals surface area contributed by atoms with Gasteiger partial charge in [-0.3, -0.25) is 15.1 Å². The molecule has 120 valence electrons. The Bertz CT molecular complexity index is 666. The van der Waals surface area contributed by atoms with Crippen molar-refractivity contribution in [3.63, 3.8) is 0 Å². The monoisotopic (exact) mass is 313 g/mol. The fourth-order valence-corrected chi connectivity index (χ4v) is 2.05. The minimum absolute atomic E-state index is 0.0748. The van der Waals surface area contributed by atoms with Crippen LogP contribution in [0.5, 0.6) is 0 Å². The topological polar surface area (TPSA) is 62.6 Å². The van der Waals surface area contributed by atoms with E-state index in [-0.39, 0.29) is 5.69 Å². The Morgan fingerprint density at radius 3 is 2.43 bits per heavy atom. The van der Waals surface area contributed by atoms with Gasteiger partial charge in [-0.2, -0.15) is 5.10 Å². The zero-order valence-electron chi connectivity index (χ0n) is 13.4. The molecule has 0 aliphatic carbocycles. The second-order valence-electron chi connectivity index (χ2n) is 5.26. The first-order valence-electron chi connectivity index (χ1n) is 7.61. The molecule has 0 N–H and O–H groups in total. The van der Waals surface area contributed by atoms with Crippen molar-refractivity contribution >= 4 is 17.6 Å². The summed E-state index contributed by atoms with van der Waals surface area (Å²) in [4.78, 5) is 10.2. The minimum Gasteiger partial charge on any atom is -0.269 e. The second-order valence-corrected chi connectivity index (χ2v) is 5.26. The fourth-order valence-electron chi connectivity index (χ4n) is 2.05. The Labute approximate surface area is 135 Å². The summed E-state index contributed by atoms with van der Waals surface area (Å²) in [7, 11) is 1.81. The average molecular weight is 313 g/mol. The van der Waals surface area contributed by atoms with Crippen molar-refractivity contribution in [2.45, 2.75) is 26.3 Å². The van der Waals surface area contributed by atoms with Crippen molar-refractivity contribution in [2.75, 3.05) is 12.1 Å². The van der Waals surface area contributed by atoms with Crippen molar-refractivity contribution in [3.05, 3.63) is 64.5 Å². The Morgan fingerprint density at radius 1 is 1.22 bits per heavy atom. The molecule has 23 heavy (non-hydrogen) atoms. The number of hydrogen-bond acceptors (Lipinski definition) is 4. The number of aromatic nitrogens is 1. The highest BCUT2D eigenvalue weighted by atomic mass is 16.6. The number of nitrogens with zero attached hydrogens (tertiary/aromatic N) is 4. The van der Waals surface area contributed by atoms with Gasteiger partial charge < -0.3 is 0 Å². The van der Waals surface area contributed by atoms with Crippen LogP contribution in [0.25, 0.3) is 0 Å². The van der Waals surface area contributed by atoms with Crippen molar-refractivity contribution in [2.24, 2.45) is 5.10 Å². The minimum atomic E-state index is -0.412. The molecule has 0 saturated carbocycles. The van der Waals surface area contributed by atoms with Crippen LogP contribution in [0.2, 0.25) is 0 Å². The van der Waals surface area contributed by atoms with Crippen LogP contribution in [0.1, 0.15) is 25.3 Å². The highest BCUT2D eigenvalue weighted by molar-refractivity contribution is 5.79. The lowest BCUT2D eigenvalue weighted by atomic mass is 10.3. The van der Waals surface area contributed by atoms with Gasteiger partial charge in [-0.05, 0) is 12.1 Å². The van der Waals surface area contributed by atoms with Gasteiger partial charge in [0.1, 0.15) is 6.54 Å². The normalized spacial score (nSPS) is 10.9. The Kier molecular flexibility index (Phi) is 5.80. The molecular weight excluding hydrogens is 292 g/mol. The first kappa shape index (κ1) is 16.6. The zero-order chi connectivity index (χ0) is 16.7. The smallest absolute Gasteiger partial charge is 0.269 e. The number of hydrazone groups is 1. The lowest BCUT2D eigenvalue weighted by Crippen LogP contribution is -2.32. The van der Waals surface area contributed by atoms with Gasteiger partial charge in [-0.15, -0.1) is 0 Å². The Morgan fingerprint density at radius 2 is 1.87 bits per heavy atom. The van der Waals surface area contributed by atoms with Crippen LogP contribution in [0.4, 0.5) is 11.4 Å². The number of unbranched alkanes of at least 4 members (excludes halogenated alkanes) is 1. The number of non-ortho nitro benzene ring substituents is 1. The summed E-state index contributed by atoms with van der Waals surface area (Å²) in [5.41, 5.74) is 1.87. The van der Waals surface area contributed by atoms with Gasteiger partial charge in [0, 0.05) is 43.3 Å². The predicted octanol–water partition coefficient (Wildman–Crippen LogP) is 3.15. The SMILES string of the molecule is CCCC[n+]1ccc(C=NN(C)c2ccc([N+](=O)[O-])cc2)cc1. The van der Waals surface area contributed by atoms with Crippen molar-refractivity contribution in [1.29, 1.82) is 0 Å². The van der Waals surface area contributed by atoms with Gasteiger partial charge in [-0.1, -0.05) is 13.3 Å². The largest absolute Gasteiger partial charge is 0.269 e. The Balaban J connectivity index is 1.99. The number of nitro benzene ring substituents is 1. The van der Waals surface area contributed by atoms with Gasteiger partial charge in [0.25, 0.3) is 5.69 Å². The lowest BCUT2D eigenvalue weighted by molar-refractivity contribution is -0.697. The van der Waals surface area contributed by atoms with E-state index in [0.717, 1.165) is 17.8 Å². The van der Waals surface area contributed by atoms with Crippen LogP contribution in [-0.4, -0.2) is 18.2 Å². The van der Waals surface area contributed by atoms with E-state index < -0.39 is 4.92 Å². The molecule has 0 saturated heterocycles. The molecule has 0 bridgehead atoms. The molecule has 2 aromatic rings. The molecule has 1 aromatic heterocycles. The van der Waals surface area contributed by atoms with Gasteiger partial charge in [0.15, 0.2) is 12.4 Å². The van der Waals surface area contributed by atoms with Crippen LogP contribution < -0.4 is 9.58 Å². The first-order valence-corrected chi connectivity index (χ1v) is 7.61. The molecule has 0 radical (unpaired) electrons. The maximum absolute atomic E-state index is 10.6. The average Bonchev–Trinajstić information content (AvgIpc) is 2.58. The summed E-state index contributed by atoms with van der Waals surface area (Å²) in [5.74, 6) is 0. The molecule has 2 rings (SSSR count). The zero-order valence-corrected chi connectivity index (χ0v) is 13.4. The maximum Gasteiger partial charge on any atom is 0.269 e. The van der Waals surface area contributed by atoms with Crippen molar-refractivity contribution in [1.82, 2.24) is 0 Å². The highest BCUT2D eigenvalue weighted by Gasteiger charge is 2.05. The molecule has 6 heteroatoms. The van der Waals surface area contributed by atoms with E-state index in [9.17, 15) is 10.1 Å². The number of pyridine rings is 1. The fraction of sp³-hybridized carbons (Fsp3) is 0.294. The van der Waals surface area contributed by atoms with Crippen LogP contribution in [0.3, 0.4) is 0 Å². The number of anilines is 1. The van der Waals surface area contributed by atoms with Crippen LogP contribution >= 0.6 is 0 Å². The number of aryl methyl sites for hydroxylation is 1. The van der Waals surface area contributed by atoms with E-state index in [1.165, 1.54) is 25.0 Å². The molecule has 1 aromatic carbocycles. The third kappa shape index (κ3) is 4.88.